The summed E-state index contributed by atoms with van der Waals surface area (Å²) in [6, 6.07) is 3.88. The second-order valence-electron chi connectivity index (χ2n) is 7.38. The number of phenols is 1. The number of hydrogen-bond donors (Lipinski definition) is 4. The number of carboxylic acid groups (broad SMARTS) is 1. The third kappa shape index (κ3) is 5.22. The highest BCUT2D eigenvalue weighted by Gasteiger charge is 2.39. The summed E-state index contributed by atoms with van der Waals surface area (Å²) >= 11 is 0. The minimum absolute atomic E-state index is 0.128. The molecular weight excluding hydrogens is 362 g/mol. The highest BCUT2D eigenvalue weighted by Crippen LogP contribution is 2.21. The molecule has 1 fully saturated rings. The first kappa shape index (κ1) is 21.7. The zero-order chi connectivity index (χ0) is 20.8. The Labute approximate surface area is 164 Å². The summed E-state index contributed by atoms with van der Waals surface area (Å²) < 4.78 is 0. The van der Waals surface area contributed by atoms with E-state index in [1.54, 1.807) is 12.1 Å². The Morgan fingerprint density at radius 2 is 1.93 bits per heavy atom. The van der Waals surface area contributed by atoms with Crippen molar-refractivity contribution in [1.29, 1.82) is 0 Å². The zero-order valence-corrected chi connectivity index (χ0v) is 16.3. The molecular formula is C20H29N3O5. The largest absolute Gasteiger partial charge is 0.508 e. The predicted octanol–water partition coefficient (Wildman–Crippen LogP) is 0.869. The van der Waals surface area contributed by atoms with Crippen molar-refractivity contribution in [3.63, 3.8) is 0 Å². The number of nitrogens with zero attached hydrogens (tertiary/aromatic N) is 1. The van der Waals surface area contributed by atoms with Crippen molar-refractivity contribution in [1.82, 2.24) is 10.2 Å². The van der Waals surface area contributed by atoms with Crippen LogP contribution in [-0.4, -0.2) is 57.6 Å². The van der Waals surface area contributed by atoms with Crippen LogP contribution in [0.2, 0.25) is 0 Å². The van der Waals surface area contributed by atoms with E-state index in [0.29, 0.717) is 25.8 Å². The third-order valence-electron chi connectivity index (χ3n) is 5.33. The van der Waals surface area contributed by atoms with E-state index in [1.165, 1.54) is 17.0 Å². The lowest BCUT2D eigenvalue weighted by Gasteiger charge is -2.31. The monoisotopic (exact) mass is 391 g/mol. The van der Waals surface area contributed by atoms with Crippen molar-refractivity contribution in [2.24, 2.45) is 11.7 Å². The van der Waals surface area contributed by atoms with Crippen LogP contribution in [0, 0.1) is 5.92 Å². The SMILES string of the molecule is CCC(C)C(NC(=O)C(N)Cc1ccc(O)cc1)C(=O)N1CCCC1C(=O)O. The molecule has 4 unspecified atom stereocenters. The summed E-state index contributed by atoms with van der Waals surface area (Å²) in [6.07, 6.45) is 1.96. The number of carbonyl (C=O) groups excluding carboxylic acids is 2. The minimum Gasteiger partial charge on any atom is -0.508 e. The molecule has 1 saturated heterocycles. The predicted molar refractivity (Wildman–Crippen MR) is 104 cm³/mol. The van der Waals surface area contributed by atoms with E-state index in [2.05, 4.69) is 5.32 Å². The molecule has 28 heavy (non-hydrogen) atoms. The van der Waals surface area contributed by atoms with Gasteiger partial charge in [0.25, 0.3) is 0 Å². The molecule has 154 valence electrons. The average Bonchev–Trinajstić information content (AvgIpc) is 3.16. The van der Waals surface area contributed by atoms with Crippen LogP contribution in [-0.2, 0) is 20.8 Å². The number of aromatic hydroxyl groups is 1. The van der Waals surface area contributed by atoms with Gasteiger partial charge in [0, 0.05) is 6.54 Å². The Morgan fingerprint density at radius 3 is 2.50 bits per heavy atom. The van der Waals surface area contributed by atoms with Crippen molar-refractivity contribution >= 4 is 17.8 Å². The van der Waals surface area contributed by atoms with Gasteiger partial charge < -0.3 is 26.2 Å². The summed E-state index contributed by atoms with van der Waals surface area (Å²) in [4.78, 5) is 38.4. The molecule has 0 radical (unpaired) electrons. The van der Waals surface area contributed by atoms with Crippen LogP contribution in [0.1, 0.15) is 38.7 Å². The van der Waals surface area contributed by atoms with Crippen molar-refractivity contribution in [2.45, 2.75) is 57.7 Å². The van der Waals surface area contributed by atoms with Crippen LogP contribution in [0.25, 0.3) is 0 Å². The van der Waals surface area contributed by atoms with E-state index in [0.717, 1.165) is 5.56 Å². The molecule has 1 aliphatic heterocycles. The smallest absolute Gasteiger partial charge is 0.326 e. The number of likely N-dealkylation sites (tertiary alicyclic amines) is 1. The number of aliphatic carboxylic acids is 1. The fraction of sp³-hybridized carbons (Fsp3) is 0.550. The molecule has 8 nitrogen and oxygen atoms in total. The van der Waals surface area contributed by atoms with Gasteiger partial charge in [-0.1, -0.05) is 32.4 Å². The second kappa shape index (κ2) is 9.54. The molecule has 5 N–H and O–H groups in total. The maximum atomic E-state index is 13.0. The van der Waals surface area contributed by atoms with Crippen molar-refractivity contribution in [2.75, 3.05) is 6.54 Å². The van der Waals surface area contributed by atoms with E-state index in [4.69, 9.17) is 5.73 Å². The number of benzene rings is 1. The summed E-state index contributed by atoms with van der Waals surface area (Å²) in [5.74, 6) is -1.89. The lowest BCUT2D eigenvalue weighted by Crippen LogP contribution is -2.57. The van der Waals surface area contributed by atoms with Gasteiger partial charge >= 0.3 is 5.97 Å². The fourth-order valence-electron chi connectivity index (χ4n) is 3.39. The van der Waals surface area contributed by atoms with Crippen molar-refractivity contribution in [3.8, 4) is 5.75 Å². The number of carboxylic acids is 1. The molecule has 4 atom stereocenters. The molecule has 1 aromatic rings. The van der Waals surface area contributed by atoms with Crippen LogP contribution in [0.3, 0.4) is 0 Å². The standard InChI is InChI=1S/C20H29N3O5/c1-3-12(2)17(19(26)23-10-4-5-16(23)20(27)28)22-18(25)15(21)11-13-6-8-14(24)9-7-13/h6-9,12,15-17,24H,3-5,10-11,21H2,1-2H3,(H,22,25)(H,27,28). The second-order valence-corrected chi connectivity index (χ2v) is 7.38. The van der Waals surface area contributed by atoms with Crippen LogP contribution in [0.5, 0.6) is 5.75 Å². The Kier molecular flexibility index (Phi) is 7.39. The average molecular weight is 391 g/mol. The summed E-state index contributed by atoms with van der Waals surface area (Å²) in [5.41, 5.74) is 6.80. The molecule has 0 aliphatic carbocycles. The van der Waals surface area contributed by atoms with Gasteiger partial charge in [-0.2, -0.15) is 0 Å². The maximum Gasteiger partial charge on any atom is 0.326 e. The zero-order valence-electron chi connectivity index (χ0n) is 16.3. The Balaban J connectivity index is 2.08. The molecule has 0 aromatic heterocycles. The first-order valence-corrected chi connectivity index (χ1v) is 9.61. The number of nitrogens with one attached hydrogen (secondary N) is 1. The molecule has 2 rings (SSSR count). The van der Waals surface area contributed by atoms with Crippen LogP contribution in [0.4, 0.5) is 0 Å². The van der Waals surface area contributed by atoms with Gasteiger partial charge in [-0.15, -0.1) is 0 Å². The van der Waals surface area contributed by atoms with Gasteiger partial charge in [0.05, 0.1) is 6.04 Å². The number of hydrogen-bond acceptors (Lipinski definition) is 5. The summed E-state index contributed by atoms with van der Waals surface area (Å²) in [7, 11) is 0. The first-order valence-electron chi connectivity index (χ1n) is 9.61. The number of rotatable bonds is 8. The highest BCUT2D eigenvalue weighted by molar-refractivity contribution is 5.92. The lowest BCUT2D eigenvalue weighted by atomic mass is 9.96. The van der Waals surface area contributed by atoms with Gasteiger partial charge in [0.2, 0.25) is 11.8 Å². The number of amides is 2. The van der Waals surface area contributed by atoms with Crippen LogP contribution in [0.15, 0.2) is 24.3 Å². The molecule has 0 saturated carbocycles. The third-order valence-corrected chi connectivity index (χ3v) is 5.33. The minimum atomic E-state index is -1.02. The fourth-order valence-corrected chi connectivity index (χ4v) is 3.39. The van der Waals surface area contributed by atoms with E-state index in [1.807, 2.05) is 13.8 Å². The van der Waals surface area contributed by atoms with Crippen LogP contribution < -0.4 is 11.1 Å². The van der Waals surface area contributed by atoms with Crippen LogP contribution >= 0.6 is 0 Å². The van der Waals surface area contributed by atoms with E-state index in [9.17, 15) is 24.6 Å². The molecule has 1 aliphatic rings. The lowest BCUT2D eigenvalue weighted by molar-refractivity contribution is -0.150. The van der Waals surface area contributed by atoms with Gasteiger partial charge in [-0.05, 0) is 42.9 Å². The van der Waals surface area contributed by atoms with E-state index in [-0.39, 0.29) is 24.0 Å². The molecule has 8 heteroatoms. The van der Waals surface area contributed by atoms with Gasteiger partial charge in [0.15, 0.2) is 0 Å². The molecule has 0 spiro atoms. The van der Waals surface area contributed by atoms with Crippen molar-refractivity contribution in [3.05, 3.63) is 29.8 Å². The first-order chi connectivity index (χ1) is 13.2. The topological polar surface area (TPSA) is 133 Å². The van der Waals surface area contributed by atoms with E-state index < -0.39 is 30.0 Å². The molecule has 1 heterocycles. The Bertz CT molecular complexity index is 706. The molecule has 1 aromatic carbocycles. The molecule has 0 bridgehead atoms. The van der Waals surface area contributed by atoms with Gasteiger partial charge in [-0.3, -0.25) is 9.59 Å². The number of carbonyl (C=O) groups is 3. The Hall–Kier alpha value is -2.61. The molecule has 2 amide bonds. The normalized spacial score (nSPS) is 19.7. The maximum absolute atomic E-state index is 13.0. The summed E-state index contributed by atoms with van der Waals surface area (Å²) in [6.45, 7) is 4.13. The Morgan fingerprint density at radius 1 is 1.29 bits per heavy atom. The number of nitrogens with two attached hydrogens (primary N) is 1. The van der Waals surface area contributed by atoms with E-state index >= 15 is 0 Å². The quantitative estimate of drug-likeness (QED) is 0.520. The van der Waals surface area contributed by atoms with Gasteiger partial charge in [0.1, 0.15) is 17.8 Å². The van der Waals surface area contributed by atoms with Gasteiger partial charge in [-0.25, -0.2) is 4.79 Å². The number of phenolic OH excluding ortho intramolecular Hbond substituents is 1. The summed E-state index contributed by atoms with van der Waals surface area (Å²) in [5, 5.41) is 21.4. The highest BCUT2D eigenvalue weighted by atomic mass is 16.4. The van der Waals surface area contributed by atoms with Crippen molar-refractivity contribution < 1.29 is 24.6 Å².